The Morgan fingerprint density at radius 1 is 1.08 bits per heavy atom. The predicted octanol–water partition coefficient (Wildman–Crippen LogP) is 4.99. The summed E-state index contributed by atoms with van der Waals surface area (Å²) in [6, 6.07) is 11.5. The molecule has 7 nitrogen and oxygen atoms in total. The fourth-order valence-electron chi connectivity index (χ4n) is 5.01. The number of aryl methyl sites for hydroxylation is 1. The second-order valence-corrected chi connectivity index (χ2v) is 9.56. The standard InChI is InChI=1S/C28H23F4N3O4/c1-17(28(30,31)32)34(15-18-2-5-22(29)6-3-18)24(36)16-35-25(37)27(39-26(35)38)11-8-21-14-20(4-7-23(21)27)19-9-12-33-13-10-19/h2-7,9-10,12-14,17H,8,11,15-16H2,1H3/t17-,27+/m0/s1. The van der Waals surface area contributed by atoms with Crippen LogP contribution in [0.3, 0.4) is 0 Å². The summed E-state index contributed by atoms with van der Waals surface area (Å²) in [5, 5.41) is 0. The van der Waals surface area contributed by atoms with Crippen LogP contribution in [-0.4, -0.2) is 51.5 Å². The normalized spacial score (nSPS) is 19.3. The van der Waals surface area contributed by atoms with Crippen LogP contribution in [0.15, 0.2) is 67.0 Å². The van der Waals surface area contributed by atoms with Crippen LogP contribution in [0.25, 0.3) is 11.1 Å². The molecule has 5 rings (SSSR count). The van der Waals surface area contributed by atoms with Crippen molar-refractivity contribution in [2.24, 2.45) is 0 Å². The van der Waals surface area contributed by atoms with E-state index < -0.39 is 54.6 Å². The first kappa shape index (κ1) is 26.3. The molecule has 1 spiro atoms. The lowest BCUT2D eigenvalue weighted by Crippen LogP contribution is -2.51. The molecule has 0 radical (unpaired) electrons. The number of fused-ring (bicyclic) bond motifs is 2. The first-order valence-electron chi connectivity index (χ1n) is 12.2. The Morgan fingerprint density at radius 2 is 1.77 bits per heavy atom. The SMILES string of the molecule is C[C@H](N(Cc1ccc(F)cc1)C(=O)CN1C(=O)O[C@@]2(CCc3cc(-c4ccncc4)ccc32)C1=O)C(F)(F)F. The smallest absolute Gasteiger partial charge is 0.418 e. The Morgan fingerprint density at radius 3 is 2.44 bits per heavy atom. The van der Waals surface area contributed by atoms with Gasteiger partial charge in [-0.15, -0.1) is 0 Å². The predicted molar refractivity (Wildman–Crippen MR) is 130 cm³/mol. The average molecular weight is 542 g/mol. The van der Waals surface area contributed by atoms with Gasteiger partial charge in [-0.25, -0.2) is 14.1 Å². The molecule has 39 heavy (non-hydrogen) atoms. The van der Waals surface area contributed by atoms with Crippen LogP contribution in [0, 0.1) is 5.82 Å². The van der Waals surface area contributed by atoms with Gasteiger partial charge in [-0.05, 0) is 59.9 Å². The van der Waals surface area contributed by atoms with Crippen molar-refractivity contribution in [3.63, 3.8) is 0 Å². The highest BCUT2D eigenvalue weighted by Crippen LogP contribution is 2.46. The number of carbonyl (C=O) groups excluding carboxylic acids is 3. The number of ether oxygens (including phenoxy) is 1. The first-order chi connectivity index (χ1) is 18.5. The van der Waals surface area contributed by atoms with Crippen molar-refractivity contribution in [2.75, 3.05) is 6.54 Å². The van der Waals surface area contributed by atoms with Crippen LogP contribution in [0.5, 0.6) is 0 Å². The van der Waals surface area contributed by atoms with Crippen molar-refractivity contribution in [1.29, 1.82) is 0 Å². The molecular weight excluding hydrogens is 518 g/mol. The van der Waals surface area contributed by atoms with Crippen molar-refractivity contribution < 1.29 is 36.7 Å². The molecule has 2 heterocycles. The Balaban J connectivity index is 1.39. The molecule has 1 aliphatic heterocycles. The number of rotatable bonds is 6. The molecular formula is C28H23F4N3O4. The third kappa shape index (κ3) is 4.84. The molecule has 2 atom stereocenters. The van der Waals surface area contributed by atoms with Gasteiger partial charge in [0.2, 0.25) is 11.5 Å². The van der Waals surface area contributed by atoms with E-state index in [4.69, 9.17) is 4.74 Å². The highest BCUT2D eigenvalue weighted by Gasteiger charge is 2.58. The van der Waals surface area contributed by atoms with E-state index in [-0.39, 0.29) is 12.0 Å². The van der Waals surface area contributed by atoms with Crippen LogP contribution in [0.4, 0.5) is 22.4 Å². The number of imide groups is 1. The second-order valence-electron chi connectivity index (χ2n) is 9.56. The van der Waals surface area contributed by atoms with Gasteiger partial charge in [0.25, 0.3) is 5.91 Å². The van der Waals surface area contributed by atoms with Crippen molar-refractivity contribution in [3.05, 3.63) is 89.5 Å². The van der Waals surface area contributed by atoms with Gasteiger partial charge in [0.1, 0.15) is 18.4 Å². The average Bonchev–Trinajstić information content (AvgIpc) is 3.39. The number of hydrogen-bond donors (Lipinski definition) is 0. The minimum Gasteiger partial charge on any atom is -0.427 e. The second kappa shape index (κ2) is 9.79. The van der Waals surface area contributed by atoms with Crippen molar-refractivity contribution >= 4 is 17.9 Å². The molecule has 2 aliphatic rings. The molecule has 3 amide bonds. The summed E-state index contributed by atoms with van der Waals surface area (Å²) in [6.07, 6.45) is -1.99. The van der Waals surface area contributed by atoms with Gasteiger partial charge < -0.3 is 9.64 Å². The lowest BCUT2D eigenvalue weighted by molar-refractivity contribution is -0.187. The van der Waals surface area contributed by atoms with Gasteiger partial charge in [-0.3, -0.25) is 14.6 Å². The number of halogens is 4. The number of benzene rings is 2. The fourth-order valence-corrected chi connectivity index (χ4v) is 5.01. The number of nitrogens with zero attached hydrogens (tertiary/aromatic N) is 3. The van der Waals surface area contributed by atoms with Crippen molar-refractivity contribution in [2.45, 2.75) is 44.1 Å². The number of pyridine rings is 1. The van der Waals surface area contributed by atoms with Gasteiger partial charge in [0, 0.05) is 30.9 Å². The van der Waals surface area contributed by atoms with Gasteiger partial charge in [0.15, 0.2) is 0 Å². The lowest BCUT2D eigenvalue weighted by Gasteiger charge is -2.31. The van der Waals surface area contributed by atoms with E-state index in [1.807, 2.05) is 18.2 Å². The number of alkyl halides is 3. The molecule has 3 aromatic rings. The molecule has 0 unspecified atom stereocenters. The maximum Gasteiger partial charge on any atom is 0.418 e. The van der Waals surface area contributed by atoms with Crippen LogP contribution in [0.2, 0.25) is 0 Å². The zero-order valence-electron chi connectivity index (χ0n) is 20.7. The van der Waals surface area contributed by atoms with E-state index in [2.05, 4.69) is 4.98 Å². The quantitative estimate of drug-likeness (QED) is 0.411. The zero-order valence-corrected chi connectivity index (χ0v) is 20.7. The van der Waals surface area contributed by atoms with E-state index >= 15 is 0 Å². The summed E-state index contributed by atoms with van der Waals surface area (Å²) >= 11 is 0. The molecule has 2 aromatic carbocycles. The van der Waals surface area contributed by atoms with Crippen molar-refractivity contribution in [1.82, 2.24) is 14.8 Å². The van der Waals surface area contributed by atoms with E-state index in [1.165, 1.54) is 12.1 Å². The summed E-state index contributed by atoms with van der Waals surface area (Å²) in [4.78, 5) is 44.5. The zero-order chi connectivity index (χ0) is 27.9. The minimum absolute atomic E-state index is 0.148. The van der Waals surface area contributed by atoms with Crippen LogP contribution in [-0.2, 0) is 32.9 Å². The Bertz CT molecular complexity index is 1430. The van der Waals surface area contributed by atoms with Gasteiger partial charge in [0.05, 0.1) is 0 Å². The topological polar surface area (TPSA) is 79.8 Å². The number of carbonyl (C=O) groups is 3. The Labute approximate surface area is 221 Å². The third-order valence-electron chi connectivity index (χ3n) is 7.19. The van der Waals surface area contributed by atoms with Gasteiger partial charge in [-0.2, -0.15) is 13.2 Å². The maximum atomic E-state index is 13.6. The number of aromatic nitrogens is 1. The van der Waals surface area contributed by atoms with Crippen LogP contribution in [0.1, 0.15) is 30.0 Å². The minimum atomic E-state index is -4.77. The maximum absolute atomic E-state index is 13.6. The highest BCUT2D eigenvalue weighted by molar-refractivity contribution is 6.06. The molecule has 1 fully saturated rings. The molecule has 1 aromatic heterocycles. The van der Waals surface area contributed by atoms with Crippen LogP contribution >= 0.6 is 0 Å². The highest BCUT2D eigenvalue weighted by atomic mass is 19.4. The van der Waals surface area contributed by atoms with Gasteiger partial charge >= 0.3 is 12.3 Å². The van der Waals surface area contributed by atoms with E-state index in [0.29, 0.717) is 21.8 Å². The van der Waals surface area contributed by atoms with Crippen molar-refractivity contribution in [3.8, 4) is 11.1 Å². The summed E-state index contributed by atoms with van der Waals surface area (Å²) in [6.45, 7) is -0.616. The first-order valence-corrected chi connectivity index (χ1v) is 12.2. The van der Waals surface area contributed by atoms with E-state index in [1.54, 1.807) is 24.5 Å². The number of hydrogen-bond acceptors (Lipinski definition) is 5. The summed E-state index contributed by atoms with van der Waals surface area (Å²) in [7, 11) is 0. The molecule has 11 heteroatoms. The Kier molecular flexibility index (Phi) is 6.61. The molecule has 0 saturated carbocycles. The number of amides is 3. The Hall–Kier alpha value is -4.28. The fraction of sp³-hybridized carbons (Fsp3) is 0.286. The summed E-state index contributed by atoms with van der Waals surface area (Å²) in [5.74, 6) is -2.48. The molecule has 1 saturated heterocycles. The molecule has 0 N–H and O–H groups in total. The van der Waals surface area contributed by atoms with E-state index in [9.17, 15) is 31.9 Å². The lowest BCUT2D eigenvalue weighted by atomic mass is 9.93. The summed E-state index contributed by atoms with van der Waals surface area (Å²) < 4.78 is 59.7. The van der Waals surface area contributed by atoms with E-state index in [0.717, 1.165) is 35.7 Å². The third-order valence-corrected chi connectivity index (χ3v) is 7.19. The molecule has 1 aliphatic carbocycles. The molecule has 0 bridgehead atoms. The largest absolute Gasteiger partial charge is 0.427 e. The summed E-state index contributed by atoms with van der Waals surface area (Å²) in [5.41, 5.74) is 1.69. The monoisotopic (exact) mass is 541 g/mol. The van der Waals surface area contributed by atoms with Crippen LogP contribution < -0.4 is 0 Å². The molecule has 202 valence electrons. The van der Waals surface area contributed by atoms with Gasteiger partial charge in [-0.1, -0.05) is 30.3 Å².